The molecule has 2 aromatic carbocycles. The number of hydrogen-bond donors (Lipinski definition) is 0. The number of ether oxygens (including phenoxy) is 2. The minimum absolute atomic E-state index is 0.00750. The molecule has 0 unspecified atom stereocenters. The Morgan fingerprint density at radius 1 is 1.08 bits per heavy atom. The van der Waals surface area contributed by atoms with Crippen molar-refractivity contribution in [2.45, 2.75) is 0 Å². The molecule has 6 nitrogen and oxygen atoms in total. The molecule has 0 bridgehead atoms. The molecule has 0 atom stereocenters. The number of amides is 2. The zero-order valence-corrected chi connectivity index (χ0v) is 12.6. The molecule has 0 radical (unpaired) electrons. The van der Waals surface area contributed by atoms with E-state index in [0.717, 1.165) is 11.0 Å². The molecule has 0 fully saturated rings. The van der Waals surface area contributed by atoms with Crippen molar-refractivity contribution in [3.63, 3.8) is 0 Å². The fourth-order valence-electron chi connectivity index (χ4n) is 2.36. The molecule has 2 amide bonds. The van der Waals surface area contributed by atoms with Crippen molar-refractivity contribution in [2.75, 3.05) is 13.8 Å². The molecule has 122 valence electrons. The van der Waals surface area contributed by atoms with E-state index in [2.05, 4.69) is 0 Å². The Bertz CT molecular complexity index is 814. The van der Waals surface area contributed by atoms with Crippen LogP contribution in [0.5, 0.6) is 5.75 Å². The molecule has 7 heteroatoms. The fraction of sp³-hybridized carbons (Fsp3) is 0.118. The number of imide groups is 1. The van der Waals surface area contributed by atoms with Gasteiger partial charge in [0.2, 0.25) is 0 Å². The Morgan fingerprint density at radius 3 is 2.25 bits per heavy atom. The summed E-state index contributed by atoms with van der Waals surface area (Å²) in [5.74, 6) is -2.65. The maximum atomic E-state index is 13.6. The van der Waals surface area contributed by atoms with Crippen molar-refractivity contribution in [3.05, 3.63) is 65.0 Å². The lowest BCUT2D eigenvalue weighted by molar-refractivity contribution is 0.0227. The van der Waals surface area contributed by atoms with Crippen LogP contribution in [0, 0.1) is 5.82 Å². The van der Waals surface area contributed by atoms with Crippen molar-refractivity contribution in [2.24, 2.45) is 0 Å². The Balaban J connectivity index is 1.70. The summed E-state index contributed by atoms with van der Waals surface area (Å²) in [5, 5.41) is 0. The Labute approximate surface area is 136 Å². The maximum Gasteiger partial charge on any atom is 0.339 e. The van der Waals surface area contributed by atoms with Crippen LogP contribution < -0.4 is 4.74 Å². The normalized spacial score (nSPS) is 13.0. The third-order valence-corrected chi connectivity index (χ3v) is 3.59. The van der Waals surface area contributed by atoms with E-state index in [9.17, 15) is 18.8 Å². The second-order valence-corrected chi connectivity index (χ2v) is 4.99. The van der Waals surface area contributed by atoms with Gasteiger partial charge in [-0.15, -0.1) is 0 Å². The number of esters is 1. The molecule has 0 aromatic heterocycles. The highest BCUT2D eigenvalue weighted by molar-refractivity contribution is 6.21. The number of benzene rings is 2. The van der Waals surface area contributed by atoms with Gasteiger partial charge in [0.15, 0.2) is 18.3 Å². The average Bonchev–Trinajstić information content (AvgIpc) is 2.84. The van der Waals surface area contributed by atoms with E-state index in [4.69, 9.17) is 9.47 Å². The van der Waals surface area contributed by atoms with E-state index in [0.29, 0.717) is 0 Å². The number of fused-ring (bicyclic) bond motifs is 1. The topological polar surface area (TPSA) is 72.9 Å². The molecule has 1 aliphatic heterocycles. The van der Waals surface area contributed by atoms with Gasteiger partial charge >= 0.3 is 5.97 Å². The van der Waals surface area contributed by atoms with Crippen molar-refractivity contribution in [3.8, 4) is 5.75 Å². The molecular formula is C17H12FNO5. The summed E-state index contributed by atoms with van der Waals surface area (Å²) >= 11 is 0. The summed E-state index contributed by atoms with van der Waals surface area (Å²) in [7, 11) is 1.30. The van der Waals surface area contributed by atoms with Crippen molar-refractivity contribution in [1.82, 2.24) is 4.90 Å². The zero-order chi connectivity index (χ0) is 17.3. The van der Waals surface area contributed by atoms with E-state index in [1.807, 2.05) is 0 Å². The van der Waals surface area contributed by atoms with Crippen molar-refractivity contribution >= 4 is 17.8 Å². The SMILES string of the molecule is COc1ccc(C(=O)OCN2C(=O)c3ccccc3C2=O)cc1F. The summed E-state index contributed by atoms with van der Waals surface area (Å²) in [4.78, 5) is 37.0. The van der Waals surface area contributed by atoms with Gasteiger partial charge in [0.05, 0.1) is 23.8 Å². The van der Waals surface area contributed by atoms with Gasteiger partial charge in [0.1, 0.15) is 0 Å². The van der Waals surface area contributed by atoms with E-state index >= 15 is 0 Å². The fourth-order valence-corrected chi connectivity index (χ4v) is 2.36. The predicted octanol–water partition coefficient (Wildman–Crippen LogP) is 2.24. The van der Waals surface area contributed by atoms with E-state index in [1.54, 1.807) is 12.1 Å². The molecule has 0 aliphatic carbocycles. The number of hydrogen-bond acceptors (Lipinski definition) is 5. The van der Waals surface area contributed by atoms with Gasteiger partial charge in [0, 0.05) is 0 Å². The Morgan fingerprint density at radius 2 is 1.71 bits per heavy atom. The van der Waals surface area contributed by atoms with Gasteiger partial charge in [-0.25, -0.2) is 14.1 Å². The van der Waals surface area contributed by atoms with Gasteiger partial charge < -0.3 is 9.47 Å². The van der Waals surface area contributed by atoms with E-state index < -0.39 is 30.3 Å². The summed E-state index contributed by atoms with van der Waals surface area (Å²) in [6.45, 7) is -0.543. The lowest BCUT2D eigenvalue weighted by Gasteiger charge is -2.14. The summed E-state index contributed by atoms with van der Waals surface area (Å²) in [6.07, 6.45) is 0. The summed E-state index contributed by atoms with van der Waals surface area (Å²) in [5.41, 5.74) is 0.466. The lowest BCUT2D eigenvalue weighted by Crippen LogP contribution is -2.33. The first-order chi connectivity index (χ1) is 11.5. The second-order valence-electron chi connectivity index (χ2n) is 4.99. The zero-order valence-electron chi connectivity index (χ0n) is 12.6. The molecule has 2 aromatic rings. The molecule has 1 aliphatic rings. The molecule has 0 saturated heterocycles. The van der Waals surface area contributed by atoms with Crippen LogP contribution in [-0.2, 0) is 4.74 Å². The first-order valence-electron chi connectivity index (χ1n) is 6.99. The molecule has 24 heavy (non-hydrogen) atoms. The van der Waals surface area contributed by atoms with Gasteiger partial charge in [0.25, 0.3) is 11.8 Å². The first kappa shape index (κ1) is 15.7. The minimum atomic E-state index is -0.854. The Kier molecular flexibility index (Phi) is 3.99. The molecule has 0 spiro atoms. The number of methoxy groups -OCH3 is 1. The van der Waals surface area contributed by atoms with Crippen LogP contribution in [0.3, 0.4) is 0 Å². The molecule has 0 saturated carbocycles. The first-order valence-corrected chi connectivity index (χ1v) is 6.99. The van der Waals surface area contributed by atoms with E-state index in [1.165, 1.54) is 31.4 Å². The third-order valence-electron chi connectivity index (χ3n) is 3.59. The molecule has 3 rings (SSSR count). The van der Waals surface area contributed by atoms with Gasteiger partial charge in [-0.3, -0.25) is 9.59 Å². The second kappa shape index (κ2) is 6.11. The van der Waals surface area contributed by atoms with Crippen LogP contribution in [0.15, 0.2) is 42.5 Å². The van der Waals surface area contributed by atoms with Crippen LogP contribution in [0.2, 0.25) is 0 Å². The van der Waals surface area contributed by atoms with Gasteiger partial charge in [-0.2, -0.15) is 0 Å². The van der Waals surface area contributed by atoms with Crippen LogP contribution >= 0.6 is 0 Å². The van der Waals surface area contributed by atoms with E-state index in [-0.39, 0.29) is 22.4 Å². The van der Waals surface area contributed by atoms with Gasteiger partial charge in [-0.1, -0.05) is 12.1 Å². The lowest BCUT2D eigenvalue weighted by atomic mass is 10.1. The third kappa shape index (κ3) is 2.60. The largest absolute Gasteiger partial charge is 0.494 e. The van der Waals surface area contributed by atoms with Crippen molar-refractivity contribution < 1.29 is 28.2 Å². The highest BCUT2D eigenvalue weighted by Gasteiger charge is 2.35. The standard InChI is InChI=1S/C17H12FNO5/c1-23-14-7-6-10(8-13(14)18)17(22)24-9-19-15(20)11-4-2-3-5-12(11)16(19)21/h2-8H,9H2,1H3. The number of halogens is 1. The molecule has 0 N–H and O–H groups in total. The number of rotatable bonds is 4. The highest BCUT2D eigenvalue weighted by atomic mass is 19.1. The highest BCUT2D eigenvalue weighted by Crippen LogP contribution is 2.23. The van der Waals surface area contributed by atoms with Crippen LogP contribution in [0.1, 0.15) is 31.1 Å². The summed E-state index contributed by atoms with van der Waals surface area (Å²) < 4.78 is 23.3. The minimum Gasteiger partial charge on any atom is -0.494 e. The maximum absolute atomic E-state index is 13.6. The van der Waals surface area contributed by atoms with Crippen molar-refractivity contribution in [1.29, 1.82) is 0 Å². The number of carbonyl (C=O) groups is 3. The average molecular weight is 329 g/mol. The summed E-state index contributed by atoms with van der Waals surface area (Å²) in [6, 6.07) is 9.90. The Hall–Kier alpha value is -3.22. The van der Waals surface area contributed by atoms with Crippen LogP contribution in [0.4, 0.5) is 4.39 Å². The molecular weight excluding hydrogens is 317 g/mol. The monoisotopic (exact) mass is 329 g/mol. The number of nitrogens with zero attached hydrogens (tertiary/aromatic N) is 1. The predicted molar refractivity (Wildman–Crippen MR) is 80.2 cm³/mol. The smallest absolute Gasteiger partial charge is 0.339 e. The quantitative estimate of drug-likeness (QED) is 0.635. The van der Waals surface area contributed by atoms with Crippen LogP contribution in [-0.4, -0.2) is 36.5 Å². The number of carbonyl (C=O) groups excluding carboxylic acids is 3. The van der Waals surface area contributed by atoms with Crippen LogP contribution in [0.25, 0.3) is 0 Å². The van der Waals surface area contributed by atoms with Gasteiger partial charge in [-0.05, 0) is 30.3 Å². The molecule has 1 heterocycles.